The number of nitrogens with zero attached hydrogens (tertiary/aromatic N) is 1. The van der Waals surface area contributed by atoms with Crippen LogP contribution in [0.4, 0.5) is 0 Å². The molecule has 2 N–H and O–H groups in total. The second kappa shape index (κ2) is 7.23. The summed E-state index contributed by atoms with van der Waals surface area (Å²) < 4.78 is 12.3. The molecule has 0 aromatic carbocycles. The lowest BCUT2D eigenvalue weighted by atomic mass is 9.97. The summed E-state index contributed by atoms with van der Waals surface area (Å²) in [6.07, 6.45) is 2.09. The van der Waals surface area contributed by atoms with Crippen LogP contribution >= 0.6 is 12.4 Å². The molecule has 0 spiro atoms. The fraction of sp³-hybridized carbons (Fsp3) is 0.571. The minimum atomic E-state index is -1.16. The molecule has 1 fully saturated rings. The van der Waals surface area contributed by atoms with E-state index in [-0.39, 0.29) is 24.1 Å². The van der Waals surface area contributed by atoms with Gasteiger partial charge in [-0.15, -0.1) is 12.4 Å². The van der Waals surface area contributed by atoms with E-state index in [1.54, 1.807) is 6.20 Å². The Morgan fingerprint density at radius 1 is 1.45 bits per heavy atom. The molecule has 0 bridgehead atoms. The summed E-state index contributed by atoms with van der Waals surface area (Å²) in [5.74, 6) is -1.16. The highest BCUT2D eigenvalue weighted by Gasteiger charge is 2.24. The predicted octanol–water partition coefficient (Wildman–Crippen LogP) is 0.0294. The Bertz CT molecular complexity index is 610. The number of aromatic nitrogens is 1. The zero-order valence-corrected chi connectivity index (χ0v) is 12.9. The third-order valence-electron chi connectivity index (χ3n) is 3.84. The van der Waals surface area contributed by atoms with Crippen LogP contribution in [0.15, 0.2) is 11.0 Å². The number of rotatable bonds is 3. The maximum absolute atomic E-state index is 12.4. The van der Waals surface area contributed by atoms with E-state index in [1.165, 1.54) is 4.57 Å². The number of nitrogens with one attached hydrogen (secondary N) is 1. The number of carbonyl (C=O) groups is 1. The van der Waals surface area contributed by atoms with Crippen molar-refractivity contribution in [2.45, 2.75) is 25.6 Å². The van der Waals surface area contributed by atoms with E-state index in [9.17, 15) is 14.7 Å². The van der Waals surface area contributed by atoms with Gasteiger partial charge in [0.15, 0.2) is 0 Å². The number of hydrogen-bond donors (Lipinski definition) is 2. The third-order valence-corrected chi connectivity index (χ3v) is 3.84. The highest BCUT2D eigenvalue weighted by atomic mass is 35.5. The molecular weight excluding hydrogens is 312 g/mol. The highest BCUT2D eigenvalue weighted by molar-refractivity contribution is 5.89. The number of halogens is 1. The largest absolute Gasteiger partial charge is 0.477 e. The van der Waals surface area contributed by atoms with Gasteiger partial charge in [-0.2, -0.15) is 0 Å². The van der Waals surface area contributed by atoms with Crippen molar-refractivity contribution in [3.8, 4) is 0 Å². The van der Waals surface area contributed by atoms with Crippen molar-refractivity contribution in [3.63, 3.8) is 0 Å². The van der Waals surface area contributed by atoms with E-state index in [0.717, 1.165) is 5.56 Å². The van der Waals surface area contributed by atoms with Crippen molar-refractivity contribution >= 4 is 18.4 Å². The second-order valence-corrected chi connectivity index (χ2v) is 5.27. The summed E-state index contributed by atoms with van der Waals surface area (Å²) in [5, 5.41) is 12.6. The minimum absolute atomic E-state index is 0. The quantitative estimate of drug-likeness (QED) is 0.812. The smallest absolute Gasteiger partial charge is 0.341 e. The van der Waals surface area contributed by atoms with Gasteiger partial charge in [-0.05, 0) is 24.1 Å². The number of pyridine rings is 1. The van der Waals surface area contributed by atoms with Crippen LogP contribution in [0, 0.1) is 0 Å². The van der Waals surface area contributed by atoms with Crippen molar-refractivity contribution < 1.29 is 19.4 Å². The first-order chi connectivity index (χ1) is 10.2. The van der Waals surface area contributed by atoms with Gasteiger partial charge in [0.25, 0.3) is 5.56 Å². The first kappa shape index (κ1) is 17.0. The molecule has 2 aliphatic heterocycles. The van der Waals surface area contributed by atoms with Crippen molar-refractivity contribution in [3.05, 3.63) is 33.2 Å². The Kier molecular flexibility index (Phi) is 5.57. The van der Waals surface area contributed by atoms with E-state index < -0.39 is 11.5 Å². The lowest BCUT2D eigenvalue weighted by molar-refractivity contribution is -0.0939. The molecular formula is C14H19ClN2O5. The zero-order valence-electron chi connectivity index (χ0n) is 12.0. The Balaban J connectivity index is 0.00000176. The molecule has 7 nitrogen and oxygen atoms in total. The normalized spacial score (nSPS) is 20.8. The molecule has 1 atom stereocenters. The van der Waals surface area contributed by atoms with Gasteiger partial charge in [-0.25, -0.2) is 4.79 Å². The minimum Gasteiger partial charge on any atom is -0.477 e. The average molecular weight is 331 g/mol. The average Bonchev–Trinajstić information content (AvgIpc) is 2.49. The van der Waals surface area contributed by atoms with Crippen LogP contribution in [0.3, 0.4) is 0 Å². The zero-order chi connectivity index (χ0) is 14.8. The van der Waals surface area contributed by atoms with Crippen LogP contribution in [-0.4, -0.2) is 48.1 Å². The Morgan fingerprint density at radius 2 is 2.27 bits per heavy atom. The molecule has 3 rings (SSSR count). The van der Waals surface area contributed by atoms with Gasteiger partial charge in [0.2, 0.25) is 0 Å². The summed E-state index contributed by atoms with van der Waals surface area (Å²) >= 11 is 0. The molecule has 1 aromatic heterocycles. The molecule has 22 heavy (non-hydrogen) atoms. The van der Waals surface area contributed by atoms with Gasteiger partial charge in [0, 0.05) is 12.7 Å². The molecule has 0 amide bonds. The van der Waals surface area contributed by atoms with E-state index in [1.807, 2.05) is 0 Å². The number of carboxylic acids is 1. The van der Waals surface area contributed by atoms with Gasteiger partial charge in [-0.1, -0.05) is 0 Å². The van der Waals surface area contributed by atoms with Crippen molar-refractivity contribution in [1.82, 2.24) is 9.88 Å². The molecule has 122 valence electrons. The molecule has 1 saturated heterocycles. The Hall–Kier alpha value is -1.41. The molecule has 0 aliphatic carbocycles. The number of aromatic carboxylic acids is 1. The van der Waals surface area contributed by atoms with E-state index in [4.69, 9.17) is 9.47 Å². The van der Waals surface area contributed by atoms with Crippen LogP contribution in [-0.2, 0) is 29.0 Å². The van der Waals surface area contributed by atoms with Crippen LogP contribution in [0.2, 0.25) is 0 Å². The van der Waals surface area contributed by atoms with Crippen molar-refractivity contribution in [2.75, 3.05) is 26.4 Å². The monoisotopic (exact) mass is 330 g/mol. The number of ether oxygens (including phenoxy) is 2. The van der Waals surface area contributed by atoms with E-state index >= 15 is 0 Å². The first-order valence-corrected chi connectivity index (χ1v) is 7.05. The summed E-state index contributed by atoms with van der Waals surface area (Å²) in [4.78, 5) is 23.9. The topological polar surface area (TPSA) is 89.8 Å². The summed E-state index contributed by atoms with van der Waals surface area (Å²) in [6, 6.07) is 0. The molecule has 2 aliphatic rings. The Labute approximate surface area is 133 Å². The van der Waals surface area contributed by atoms with Gasteiger partial charge >= 0.3 is 5.97 Å². The van der Waals surface area contributed by atoms with Crippen molar-refractivity contribution in [1.29, 1.82) is 0 Å². The lowest BCUT2D eigenvalue weighted by Gasteiger charge is -2.25. The summed E-state index contributed by atoms with van der Waals surface area (Å²) in [7, 11) is 0. The standard InChI is InChI=1S/C14H18N2O5.ClH/c17-13-12(14(18)19)11-1-2-15-5-9(11)6-16(13)7-10-8-20-3-4-21-10;/h6,10,15H,1-5,7-8H2,(H,18,19);1H. The van der Waals surface area contributed by atoms with Gasteiger partial charge in [0.05, 0.1) is 32.5 Å². The lowest BCUT2D eigenvalue weighted by Crippen LogP contribution is -2.39. The third kappa shape index (κ3) is 3.33. The summed E-state index contributed by atoms with van der Waals surface area (Å²) in [5.41, 5.74) is 0.960. The van der Waals surface area contributed by atoms with Gasteiger partial charge in [0.1, 0.15) is 5.56 Å². The second-order valence-electron chi connectivity index (χ2n) is 5.27. The number of hydrogen-bond acceptors (Lipinski definition) is 5. The molecule has 1 aromatic rings. The maximum atomic E-state index is 12.4. The van der Waals surface area contributed by atoms with E-state index in [2.05, 4.69) is 5.32 Å². The molecule has 3 heterocycles. The Morgan fingerprint density at radius 3 is 2.95 bits per heavy atom. The molecule has 8 heteroatoms. The number of fused-ring (bicyclic) bond motifs is 1. The maximum Gasteiger partial charge on any atom is 0.341 e. The predicted molar refractivity (Wildman–Crippen MR) is 80.9 cm³/mol. The van der Waals surface area contributed by atoms with E-state index in [0.29, 0.717) is 51.4 Å². The van der Waals surface area contributed by atoms with Crippen molar-refractivity contribution in [2.24, 2.45) is 0 Å². The van der Waals surface area contributed by atoms with Gasteiger partial charge < -0.3 is 24.5 Å². The van der Waals surface area contributed by atoms with Gasteiger partial charge in [-0.3, -0.25) is 4.79 Å². The fourth-order valence-electron chi connectivity index (χ4n) is 2.85. The highest BCUT2D eigenvalue weighted by Crippen LogP contribution is 2.16. The first-order valence-electron chi connectivity index (χ1n) is 7.05. The fourth-order valence-corrected chi connectivity index (χ4v) is 2.85. The summed E-state index contributed by atoms with van der Waals surface area (Å²) in [6.45, 7) is 3.06. The van der Waals surface area contributed by atoms with Crippen LogP contribution in [0.5, 0.6) is 0 Å². The van der Waals surface area contributed by atoms with Crippen LogP contribution in [0.25, 0.3) is 0 Å². The molecule has 0 radical (unpaired) electrons. The van der Waals surface area contributed by atoms with Crippen LogP contribution in [0.1, 0.15) is 21.5 Å². The van der Waals surface area contributed by atoms with Crippen LogP contribution < -0.4 is 10.9 Å². The number of carboxylic acid groups (broad SMARTS) is 1. The molecule has 1 unspecified atom stereocenters. The molecule has 0 saturated carbocycles. The SMILES string of the molecule is Cl.O=C(O)c1c2c(cn(CC3COCCO3)c1=O)CNCC2.